The maximum atomic E-state index is 13.3. The summed E-state index contributed by atoms with van der Waals surface area (Å²) in [6, 6.07) is 6.63. The number of carbonyl (C=O) groups is 1. The van der Waals surface area contributed by atoms with Crippen molar-refractivity contribution < 1.29 is 14.3 Å². The third-order valence-electron chi connectivity index (χ3n) is 5.05. The van der Waals surface area contributed by atoms with Gasteiger partial charge >= 0.3 is 0 Å². The highest BCUT2D eigenvalue weighted by Crippen LogP contribution is 2.30. The van der Waals surface area contributed by atoms with Gasteiger partial charge in [-0.25, -0.2) is 4.39 Å². The maximum absolute atomic E-state index is 13.3. The van der Waals surface area contributed by atoms with Crippen LogP contribution in [0.4, 0.5) is 4.39 Å². The van der Waals surface area contributed by atoms with Gasteiger partial charge in [-0.05, 0) is 56.3 Å². The zero-order chi connectivity index (χ0) is 16.3. The first-order valence-electron chi connectivity index (χ1n) is 8.51. The minimum atomic E-state index is -0.675. The quantitative estimate of drug-likeness (QED) is 0.873. The number of hydrogen-bond donors (Lipinski definition) is 2. The van der Waals surface area contributed by atoms with Crippen LogP contribution in [0.15, 0.2) is 24.3 Å². The van der Waals surface area contributed by atoms with E-state index in [1.807, 2.05) is 6.07 Å². The van der Waals surface area contributed by atoms with Gasteiger partial charge in [0.25, 0.3) is 0 Å². The Morgan fingerprint density at radius 3 is 2.91 bits per heavy atom. The van der Waals surface area contributed by atoms with E-state index in [0.29, 0.717) is 19.6 Å². The van der Waals surface area contributed by atoms with E-state index in [1.165, 1.54) is 6.07 Å². The topological polar surface area (TPSA) is 52.6 Å². The second-order valence-electron chi connectivity index (χ2n) is 7.00. The molecule has 23 heavy (non-hydrogen) atoms. The molecule has 1 aromatic carbocycles. The van der Waals surface area contributed by atoms with Gasteiger partial charge in [0, 0.05) is 19.6 Å². The van der Waals surface area contributed by atoms with E-state index in [0.717, 1.165) is 44.2 Å². The molecule has 1 heterocycles. The summed E-state index contributed by atoms with van der Waals surface area (Å²) < 4.78 is 13.3. The van der Waals surface area contributed by atoms with Crippen molar-refractivity contribution in [1.82, 2.24) is 10.2 Å². The molecule has 0 radical (unpaired) electrons. The first-order valence-corrected chi connectivity index (χ1v) is 8.51. The van der Waals surface area contributed by atoms with Crippen molar-refractivity contribution in [3.05, 3.63) is 35.6 Å². The predicted octanol–water partition coefficient (Wildman–Crippen LogP) is 2.07. The fourth-order valence-corrected chi connectivity index (χ4v) is 3.46. The third kappa shape index (κ3) is 4.30. The van der Waals surface area contributed by atoms with E-state index in [4.69, 9.17) is 0 Å². The van der Waals surface area contributed by atoms with E-state index < -0.39 is 5.60 Å². The first-order chi connectivity index (χ1) is 11.0. The van der Waals surface area contributed by atoms with Crippen molar-refractivity contribution in [1.29, 1.82) is 0 Å². The Bertz CT molecular complexity index is 560. The number of rotatable bonds is 5. The second kappa shape index (κ2) is 6.97. The standard InChI is InChI=1S/C18H25FN2O2/c19-16-6-1-4-14(10-16)11-21-9-2-5-15(12-21)17(22)20-13-18(23)7-3-8-18/h1,4,6,10,15,23H,2-3,5,7-9,11-13H2,(H,20,22). The van der Waals surface area contributed by atoms with E-state index >= 15 is 0 Å². The number of amides is 1. The number of nitrogens with one attached hydrogen (secondary N) is 1. The van der Waals surface area contributed by atoms with Crippen LogP contribution in [0.25, 0.3) is 0 Å². The van der Waals surface area contributed by atoms with Crippen molar-refractivity contribution in [2.24, 2.45) is 5.92 Å². The Balaban J connectivity index is 1.50. The lowest BCUT2D eigenvalue weighted by Crippen LogP contribution is -2.50. The molecule has 5 heteroatoms. The zero-order valence-electron chi connectivity index (χ0n) is 13.4. The van der Waals surface area contributed by atoms with Crippen molar-refractivity contribution in [2.45, 2.75) is 44.2 Å². The smallest absolute Gasteiger partial charge is 0.224 e. The lowest BCUT2D eigenvalue weighted by Gasteiger charge is -2.37. The molecule has 1 saturated carbocycles. The maximum Gasteiger partial charge on any atom is 0.224 e. The van der Waals surface area contributed by atoms with Crippen LogP contribution >= 0.6 is 0 Å². The largest absolute Gasteiger partial charge is 0.388 e. The molecular formula is C18H25FN2O2. The van der Waals surface area contributed by atoms with Crippen LogP contribution in [0, 0.1) is 11.7 Å². The van der Waals surface area contributed by atoms with Crippen LogP contribution < -0.4 is 5.32 Å². The highest BCUT2D eigenvalue weighted by Gasteiger charge is 2.35. The molecule has 0 spiro atoms. The molecule has 2 fully saturated rings. The summed E-state index contributed by atoms with van der Waals surface area (Å²) in [5.41, 5.74) is 0.265. The molecule has 2 N–H and O–H groups in total. The number of piperidine rings is 1. The summed E-state index contributed by atoms with van der Waals surface area (Å²) in [5, 5.41) is 13.0. The van der Waals surface area contributed by atoms with Gasteiger partial charge in [-0.1, -0.05) is 12.1 Å². The van der Waals surface area contributed by atoms with Crippen LogP contribution in [0.1, 0.15) is 37.7 Å². The molecule has 2 aliphatic rings. The van der Waals surface area contributed by atoms with Crippen LogP contribution in [-0.4, -0.2) is 41.1 Å². The second-order valence-corrected chi connectivity index (χ2v) is 7.00. The molecule has 1 saturated heterocycles. The van der Waals surface area contributed by atoms with Crippen LogP contribution in [0.2, 0.25) is 0 Å². The number of likely N-dealkylation sites (tertiary alicyclic amines) is 1. The molecule has 1 aromatic rings. The van der Waals surface area contributed by atoms with Crippen molar-refractivity contribution in [3.8, 4) is 0 Å². The van der Waals surface area contributed by atoms with Gasteiger partial charge < -0.3 is 10.4 Å². The SMILES string of the molecule is O=C(NCC1(O)CCC1)C1CCCN(Cc2cccc(F)c2)C1. The summed E-state index contributed by atoms with van der Waals surface area (Å²) in [5.74, 6) is -0.224. The monoisotopic (exact) mass is 320 g/mol. The van der Waals surface area contributed by atoms with Gasteiger partial charge in [-0.3, -0.25) is 9.69 Å². The third-order valence-corrected chi connectivity index (χ3v) is 5.05. The summed E-state index contributed by atoms with van der Waals surface area (Å²) in [6.07, 6.45) is 4.45. The van der Waals surface area contributed by atoms with Gasteiger partial charge in [0.05, 0.1) is 11.5 Å². The van der Waals surface area contributed by atoms with Gasteiger partial charge in [-0.15, -0.1) is 0 Å². The van der Waals surface area contributed by atoms with E-state index in [1.54, 1.807) is 12.1 Å². The summed E-state index contributed by atoms with van der Waals surface area (Å²) in [7, 11) is 0. The fourth-order valence-electron chi connectivity index (χ4n) is 3.46. The lowest BCUT2D eigenvalue weighted by atomic mass is 9.80. The van der Waals surface area contributed by atoms with Crippen molar-refractivity contribution in [3.63, 3.8) is 0 Å². The number of benzene rings is 1. The fraction of sp³-hybridized carbons (Fsp3) is 0.611. The average molecular weight is 320 g/mol. The van der Waals surface area contributed by atoms with Gasteiger partial charge in [-0.2, -0.15) is 0 Å². The molecule has 4 nitrogen and oxygen atoms in total. The molecule has 3 rings (SSSR count). The van der Waals surface area contributed by atoms with E-state index in [9.17, 15) is 14.3 Å². The molecular weight excluding hydrogens is 295 g/mol. The first kappa shape index (κ1) is 16.4. The average Bonchev–Trinajstić information content (AvgIpc) is 2.51. The molecule has 1 unspecified atom stereocenters. The van der Waals surface area contributed by atoms with Gasteiger partial charge in [0.1, 0.15) is 5.82 Å². The summed E-state index contributed by atoms with van der Waals surface area (Å²) in [4.78, 5) is 14.5. The molecule has 1 amide bonds. The molecule has 0 bridgehead atoms. The number of aliphatic hydroxyl groups is 1. The van der Waals surface area contributed by atoms with Crippen LogP contribution in [0.3, 0.4) is 0 Å². The van der Waals surface area contributed by atoms with Gasteiger partial charge in [0.2, 0.25) is 5.91 Å². The Labute approximate surface area is 136 Å². The zero-order valence-corrected chi connectivity index (χ0v) is 13.4. The minimum absolute atomic E-state index is 0.0364. The van der Waals surface area contributed by atoms with Crippen molar-refractivity contribution >= 4 is 5.91 Å². The number of nitrogens with zero attached hydrogens (tertiary/aromatic N) is 1. The highest BCUT2D eigenvalue weighted by molar-refractivity contribution is 5.79. The highest BCUT2D eigenvalue weighted by atomic mass is 19.1. The Morgan fingerprint density at radius 2 is 2.22 bits per heavy atom. The molecule has 1 atom stereocenters. The predicted molar refractivity (Wildman–Crippen MR) is 86.2 cm³/mol. The Morgan fingerprint density at radius 1 is 1.39 bits per heavy atom. The number of carbonyl (C=O) groups excluding carboxylic acids is 1. The van der Waals surface area contributed by atoms with Crippen LogP contribution in [-0.2, 0) is 11.3 Å². The molecule has 1 aliphatic carbocycles. The number of halogens is 1. The normalized spacial score (nSPS) is 24.0. The van der Waals surface area contributed by atoms with Crippen LogP contribution in [0.5, 0.6) is 0 Å². The van der Waals surface area contributed by atoms with Crippen molar-refractivity contribution in [2.75, 3.05) is 19.6 Å². The Hall–Kier alpha value is -1.46. The van der Waals surface area contributed by atoms with E-state index in [2.05, 4.69) is 10.2 Å². The molecule has 126 valence electrons. The molecule has 1 aliphatic heterocycles. The molecule has 0 aromatic heterocycles. The lowest BCUT2D eigenvalue weighted by molar-refractivity contribution is -0.129. The summed E-state index contributed by atoms with van der Waals surface area (Å²) >= 11 is 0. The van der Waals surface area contributed by atoms with E-state index in [-0.39, 0.29) is 17.6 Å². The van der Waals surface area contributed by atoms with Gasteiger partial charge in [0.15, 0.2) is 0 Å². The summed E-state index contributed by atoms with van der Waals surface area (Å²) in [6.45, 7) is 2.67. The number of hydrogen-bond acceptors (Lipinski definition) is 3. The minimum Gasteiger partial charge on any atom is -0.388 e. The Kier molecular flexibility index (Phi) is 4.97.